The molecule has 0 amide bonds. The van der Waals surface area contributed by atoms with Crippen LogP contribution in [0.25, 0.3) is 0 Å². The van der Waals surface area contributed by atoms with E-state index in [9.17, 15) is 18.0 Å². The quantitative estimate of drug-likeness (QED) is 0.658. The van der Waals surface area contributed by atoms with Gasteiger partial charge in [0.25, 0.3) is 0 Å². The van der Waals surface area contributed by atoms with Gasteiger partial charge in [-0.3, -0.25) is 0 Å². The molecule has 3 rings (SSSR count). The van der Waals surface area contributed by atoms with Gasteiger partial charge >= 0.3 is 12.3 Å². The number of cyclic esters (lactones) is 1. The van der Waals surface area contributed by atoms with Crippen molar-refractivity contribution in [3.63, 3.8) is 0 Å². The van der Waals surface area contributed by atoms with Gasteiger partial charge in [0.1, 0.15) is 11.9 Å². The molecular formula is C16H11ClF3NO3. The number of carbonyl (C=O) groups excluding carboxylic acids is 1. The SMILES string of the molecule is Nc1ccc2c(c1)C(=O)OC2Cc1ccc(OC(F)(F)F)cc1Cl. The van der Waals surface area contributed by atoms with E-state index < -0.39 is 24.2 Å². The number of fused-ring (bicyclic) bond motifs is 1. The molecule has 8 heteroatoms. The van der Waals surface area contributed by atoms with Crippen molar-refractivity contribution in [3.8, 4) is 5.75 Å². The van der Waals surface area contributed by atoms with E-state index in [2.05, 4.69) is 4.74 Å². The normalized spacial score (nSPS) is 16.7. The second kappa shape index (κ2) is 5.90. The first-order valence-corrected chi connectivity index (χ1v) is 7.25. The number of rotatable bonds is 3. The third-order valence-corrected chi connectivity index (χ3v) is 3.91. The van der Waals surface area contributed by atoms with E-state index in [0.717, 1.165) is 12.1 Å². The van der Waals surface area contributed by atoms with Crippen LogP contribution in [0.2, 0.25) is 5.02 Å². The fraction of sp³-hybridized carbons (Fsp3) is 0.188. The number of esters is 1. The number of hydrogen-bond acceptors (Lipinski definition) is 4. The minimum absolute atomic E-state index is 0.0942. The molecule has 0 saturated heterocycles. The lowest BCUT2D eigenvalue weighted by Crippen LogP contribution is -2.17. The topological polar surface area (TPSA) is 61.6 Å². The van der Waals surface area contributed by atoms with E-state index >= 15 is 0 Å². The van der Waals surface area contributed by atoms with E-state index in [1.54, 1.807) is 12.1 Å². The molecule has 0 spiro atoms. The minimum atomic E-state index is -4.79. The smallest absolute Gasteiger partial charge is 0.454 e. The lowest BCUT2D eigenvalue weighted by Gasteiger charge is -2.14. The second-order valence-electron chi connectivity index (χ2n) is 5.25. The Kier molecular flexibility index (Phi) is 4.04. The molecular weight excluding hydrogens is 347 g/mol. The Morgan fingerprint density at radius 1 is 1.21 bits per heavy atom. The van der Waals surface area contributed by atoms with Gasteiger partial charge in [-0.1, -0.05) is 23.7 Å². The summed E-state index contributed by atoms with van der Waals surface area (Å²) in [5, 5.41) is 0.0942. The fourth-order valence-corrected chi connectivity index (χ4v) is 2.78. The molecule has 0 radical (unpaired) electrons. The van der Waals surface area contributed by atoms with Gasteiger partial charge in [0, 0.05) is 22.7 Å². The van der Waals surface area contributed by atoms with Crippen molar-refractivity contribution in [3.05, 3.63) is 58.1 Å². The molecule has 1 aliphatic rings. The number of nitrogen functional groups attached to an aromatic ring is 1. The first kappa shape index (κ1) is 16.4. The van der Waals surface area contributed by atoms with Gasteiger partial charge < -0.3 is 15.2 Å². The lowest BCUT2D eigenvalue weighted by molar-refractivity contribution is -0.274. The summed E-state index contributed by atoms with van der Waals surface area (Å²) in [6, 6.07) is 8.51. The average Bonchev–Trinajstić information content (AvgIpc) is 2.76. The van der Waals surface area contributed by atoms with Crippen LogP contribution in [0.5, 0.6) is 5.75 Å². The van der Waals surface area contributed by atoms with Crippen molar-refractivity contribution in [2.45, 2.75) is 18.9 Å². The number of benzene rings is 2. The summed E-state index contributed by atoms with van der Waals surface area (Å²) in [5.41, 5.74) is 7.68. The van der Waals surface area contributed by atoms with Crippen LogP contribution in [0, 0.1) is 0 Å². The van der Waals surface area contributed by atoms with Crippen LogP contribution in [0.1, 0.15) is 27.6 Å². The molecule has 0 aromatic heterocycles. The predicted molar refractivity (Wildman–Crippen MR) is 80.8 cm³/mol. The van der Waals surface area contributed by atoms with Crippen molar-refractivity contribution in [1.29, 1.82) is 0 Å². The van der Waals surface area contributed by atoms with Gasteiger partial charge in [0.2, 0.25) is 0 Å². The highest BCUT2D eigenvalue weighted by Gasteiger charge is 2.33. The Balaban J connectivity index is 1.82. The average molecular weight is 358 g/mol. The summed E-state index contributed by atoms with van der Waals surface area (Å²) in [7, 11) is 0. The van der Waals surface area contributed by atoms with E-state index in [4.69, 9.17) is 22.1 Å². The molecule has 0 aliphatic carbocycles. The molecule has 24 heavy (non-hydrogen) atoms. The number of alkyl halides is 3. The molecule has 2 aromatic rings. The highest BCUT2D eigenvalue weighted by Crippen LogP contribution is 2.36. The van der Waals surface area contributed by atoms with Crippen molar-refractivity contribution in [1.82, 2.24) is 0 Å². The number of ether oxygens (including phenoxy) is 2. The molecule has 2 aromatic carbocycles. The summed E-state index contributed by atoms with van der Waals surface area (Å²) in [4.78, 5) is 11.9. The first-order valence-electron chi connectivity index (χ1n) is 6.87. The highest BCUT2D eigenvalue weighted by atomic mass is 35.5. The predicted octanol–water partition coefficient (Wildman–Crippen LogP) is 4.28. The van der Waals surface area contributed by atoms with Crippen LogP contribution in [-0.2, 0) is 11.2 Å². The highest BCUT2D eigenvalue weighted by molar-refractivity contribution is 6.31. The Hall–Kier alpha value is -2.41. The van der Waals surface area contributed by atoms with E-state index in [0.29, 0.717) is 22.4 Å². The number of halogens is 4. The number of hydrogen-bond donors (Lipinski definition) is 1. The summed E-state index contributed by atoms with van der Waals surface area (Å²) in [6.45, 7) is 0. The molecule has 0 saturated carbocycles. The maximum Gasteiger partial charge on any atom is 0.573 e. The minimum Gasteiger partial charge on any atom is -0.454 e. The lowest BCUT2D eigenvalue weighted by atomic mass is 9.99. The maximum absolute atomic E-state index is 12.2. The molecule has 0 fully saturated rings. The van der Waals surface area contributed by atoms with Crippen LogP contribution < -0.4 is 10.5 Å². The van der Waals surface area contributed by atoms with Crippen LogP contribution in [0.4, 0.5) is 18.9 Å². The van der Waals surface area contributed by atoms with Gasteiger partial charge in [0.05, 0.1) is 5.56 Å². The third-order valence-electron chi connectivity index (χ3n) is 3.56. The molecule has 0 bridgehead atoms. The zero-order valence-electron chi connectivity index (χ0n) is 12.1. The summed E-state index contributed by atoms with van der Waals surface area (Å²) in [6.07, 6.45) is -5.13. The van der Waals surface area contributed by atoms with Gasteiger partial charge in [-0.25, -0.2) is 4.79 Å². The van der Waals surface area contributed by atoms with Crippen LogP contribution in [0.15, 0.2) is 36.4 Å². The largest absolute Gasteiger partial charge is 0.573 e. The second-order valence-corrected chi connectivity index (χ2v) is 5.65. The monoisotopic (exact) mass is 357 g/mol. The standard InChI is InChI=1S/C16H11ClF3NO3/c17-13-7-10(24-16(18,19)20)3-1-8(13)5-14-11-4-2-9(21)6-12(11)15(22)23-14/h1-4,6-7,14H,5,21H2. The molecule has 2 N–H and O–H groups in total. The van der Waals surface area contributed by atoms with E-state index in [-0.39, 0.29) is 11.4 Å². The van der Waals surface area contributed by atoms with Gasteiger partial charge in [0.15, 0.2) is 0 Å². The maximum atomic E-state index is 12.2. The summed E-state index contributed by atoms with van der Waals surface area (Å²) in [5.74, 6) is -0.900. The molecule has 1 unspecified atom stereocenters. The Labute approximate surface area is 139 Å². The molecule has 1 aliphatic heterocycles. The summed E-state index contributed by atoms with van der Waals surface area (Å²) >= 11 is 6.02. The zero-order chi connectivity index (χ0) is 17.5. The van der Waals surface area contributed by atoms with Crippen molar-refractivity contribution < 1.29 is 27.4 Å². The van der Waals surface area contributed by atoms with Crippen LogP contribution >= 0.6 is 11.6 Å². The molecule has 1 atom stereocenters. The molecule has 126 valence electrons. The Bertz CT molecular complexity index is 808. The van der Waals surface area contributed by atoms with Gasteiger partial charge in [-0.05, 0) is 29.8 Å². The van der Waals surface area contributed by atoms with Gasteiger partial charge in [-0.15, -0.1) is 13.2 Å². The van der Waals surface area contributed by atoms with Crippen LogP contribution in [-0.4, -0.2) is 12.3 Å². The number of nitrogens with two attached hydrogens (primary N) is 1. The van der Waals surface area contributed by atoms with E-state index in [1.165, 1.54) is 12.1 Å². The van der Waals surface area contributed by atoms with Crippen molar-refractivity contribution in [2.75, 3.05) is 5.73 Å². The van der Waals surface area contributed by atoms with Gasteiger partial charge in [-0.2, -0.15) is 0 Å². The van der Waals surface area contributed by atoms with Crippen LogP contribution in [0.3, 0.4) is 0 Å². The Morgan fingerprint density at radius 3 is 2.62 bits per heavy atom. The Morgan fingerprint density at radius 2 is 1.96 bits per heavy atom. The van der Waals surface area contributed by atoms with Crippen molar-refractivity contribution >= 4 is 23.3 Å². The zero-order valence-corrected chi connectivity index (χ0v) is 12.8. The number of anilines is 1. The fourth-order valence-electron chi connectivity index (χ4n) is 2.53. The van der Waals surface area contributed by atoms with E-state index in [1.807, 2.05) is 0 Å². The number of carbonyl (C=O) groups is 1. The molecule has 1 heterocycles. The van der Waals surface area contributed by atoms with Crippen molar-refractivity contribution in [2.24, 2.45) is 0 Å². The molecule has 4 nitrogen and oxygen atoms in total. The summed E-state index contributed by atoms with van der Waals surface area (Å²) < 4.78 is 45.7. The first-order chi connectivity index (χ1) is 11.2. The third kappa shape index (κ3) is 3.41.